The summed E-state index contributed by atoms with van der Waals surface area (Å²) in [5.41, 5.74) is 0.861. The third-order valence-electron chi connectivity index (χ3n) is 4.53. The van der Waals surface area contributed by atoms with Crippen molar-refractivity contribution in [2.75, 3.05) is 59.5 Å². The summed E-state index contributed by atoms with van der Waals surface area (Å²) in [4.78, 5) is 7.38. The normalized spacial score (nSPS) is 12.0. The van der Waals surface area contributed by atoms with Gasteiger partial charge < -0.3 is 19.1 Å². The summed E-state index contributed by atoms with van der Waals surface area (Å²) in [6.07, 6.45) is 0. The Morgan fingerprint density at radius 2 is 1.38 bits per heavy atom. The molecule has 0 saturated heterocycles. The van der Waals surface area contributed by atoms with Crippen molar-refractivity contribution in [3.63, 3.8) is 0 Å². The van der Waals surface area contributed by atoms with Crippen LogP contribution >= 0.6 is 0 Å². The van der Waals surface area contributed by atoms with Crippen LogP contribution in [-0.4, -0.2) is 79.3 Å². The number of hydrogen-bond acceptors (Lipinski definition) is 6. The van der Waals surface area contributed by atoms with Crippen molar-refractivity contribution in [2.45, 2.75) is 40.8 Å². The molecule has 0 amide bonds. The lowest BCUT2D eigenvalue weighted by Gasteiger charge is -2.28. The maximum Gasteiger partial charge on any atom is 0.151 e. The lowest BCUT2D eigenvalue weighted by Crippen LogP contribution is -2.39. The molecule has 0 unspecified atom stereocenters. The van der Waals surface area contributed by atoms with Gasteiger partial charge in [0.2, 0.25) is 0 Å². The number of hydrogen-bond donors (Lipinski definition) is 0. The van der Waals surface area contributed by atoms with Crippen LogP contribution in [0.15, 0.2) is 10.6 Å². The molecule has 6 nitrogen and oxygen atoms in total. The molecule has 0 fully saturated rings. The van der Waals surface area contributed by atoms with Crippen molar-refractivity contribution in [1.29, 1.82) is 0 Å². The maximum atomic E-state index is 5.47. The van der Waals surface area contributed by atoms with Gasteiger partial charge in [0.1, 0.15) is 5.69 Å². The summed E-state index contributed by atoms with van der Waals surface area (Å²) in [6, 6.07) is 2.01. The van der Waals surface area contributed by atoms with Gasteiger partial charge in [-0.2, -0.15) is 0 Å². The van der Waals surface area contributed by atoms with Gasteiger partial charge >= 0.3 is 0 Å². The zero-order valence-corrected chi connectivity index (χ0v) is 16.3. The van der Waals surface area contributed by atoms with Crippen molar-refractivity contribution in [2.24, 2.45) is 0 Å². The van der Waals surface area contributed by atoms with Gasteiger partial charge in [-0.3, -0.25) is 4.90 Å². The third-order valence-corrected chi connectivity index (χ3v) is 4.53. The Morgan fingerprint density at radius 1 is 0.875 bits per heavy atom. The molecule has 0 aliphatic carbocycles. The predicted octanol–water partition coefficient (Wildman–Crippen LogP) is 2.31. The molecule has 0 saturated carbocycles. The van der Waals surface area contributed by atoms with Gasteiger partial charge in [0.25, 0.3) is 0 Å². The summed E-state index contributed by atoms with van der Waals surface area (Å²) in [6.45, 7) is 18.8. The molecule has 24 heavy (non-hydrogen) atoms. The Morgan fingerprint density at radius 3 is 1.83 bits per heavy atom. The van der Waals surface area contributed by atoms with Crippen LogP contribution in [-0.2, 0) is 17.9 Å². The molecule has 0 aliphatic heterocycles. The van der Waals surface area contributed by atoms with Crippen LogP contribution < -0.4 is 0 Å². The van der Waals surface area contributed by atoms with E-state index in [0.717, 1.165) is 70.4 Å². The van der Waals surface area contributed by atoms with Crippen molar-refractivity contribution in [1.82, 2.24) is 19.9 Å². The van der Waals surface area contributed by atoms with Gasteiger partial charge in [0.05, 0.1) is 13.2 Å². The first-order valence-corrected chi connectivity index (χ1v) is 9.27. The van der Waals surface area contributed by atoms with E-state index in [1.807, 2.05) is 6.07 Å². The minimum Gasteiger partial charge on any atom is -0.378 e. The fourth-order valence-electron chi connectivity index (χ4n) is 2.78. The van der Waals surface area contributed by atoms with E-state index in [1.165, 1.54) is 0 Å². The fourth-order valence-corrected chi connectivity index (χ4v) is 2.78. The van der Waals surface area contributed by atoms with Crippen LogP contribution in [0.2, 0.25) is 0 Å². The average Bonchev–Trinajstić information content (AvgIpc) is 3.03. The molecule has 0 radical (unpaired) electrons. The van der Waals surface area contributed by atoms with Crippen LogP contribution in [0.25, 0.3) is 0 Å². The van der Waals surface area contributed by atoms with E-state index in [2.05, 4.69) is 47.6 Å². The molecular formula is C18H36N4O2. The third kappa shape index (κ3) is 7.75. The van der Waals surface area contributed by atoms with Crippen molar-refractivity contribution < 1.29 is 9.26 Å². The highest BCUT2D eigenvalue weighted by Crippen LogP contribution is 2.09. The van der Waals surface area contributed by atoms with Crippen molar-refractivity contribution >= 4 is 0 Å². The first-order chi connectivity index (χ1) is 11.7. The molecule has 1 aromatic rings. The number of methoxy groups -OCH3 is 1. The van der Waals surface area contributed by atoms with Crippen LogP contribution in [0, 0.1) is 0 Å². The molecule has 6 heteroatoms. The number of rotatable bonds is 14. The second kappa shape index (κ2) is 12.4. The van der Waals surface area contributed by atoms with Crippen LogP contribution in [0.1, 0.15) is 39.1 Å². The van der Waals surface area contributed by atoms with Gasteiger partial charge in [-0.25, -0.2) is 0 Å². The zero-order valence-electron chi connectivity index (χ0n) is 16.3. The molecule has 0 spiro atoms. The molecule has 0 aliphatic rings. The molecular weight excluding hydrogens is 304 g/mol. The van der Waals surface area contributed by atoms with Gasteiger partial charge in [0.15, 0.2) is 5.76 Å². The quantitative estimate of drug-likeness (QED) is 0.518. The highest BCUT2D eigenvalue weighted by molar-refractivity contribution is 5.04. The largest absolute Gasteiger partial charge is 0.378 e. The lowest BCUT2D eigenvalue weighted by atomic mass is 10.3. The Hall–Kier alpha value is -0.950. The minimum atomic E-state index is 0.502. The zero-order chi connectivity index (χ0) is 17.8. The molecule has 0 aromatic carbocycles. The Bertz CT molecular complexity index is 401. The lowest BCUT2D eigenvalue weighted by molar-refractivity contribution is 0.165. The minimum absolute atomic E-state index is 0.502. The Labute approximate surface area is 147 Å². The van der Waals surface area contributed by atoms with Crippen molar-refractivity contribution in [3.05, 3.63) is 17.5 Å². The number of aromatic nitrogens is 1. The SMILES string of the molecule is CCN(CC)CCN(CCN(CC)CC)Cc1cc(COC)no1. The van der Waals surface area contributed by atoms with Gasteiger partial charge in [0, 0.05) is 39.4 Å². The summed E-state index contributed by atoms with van der Waals surface area (Å²) in [5, 5.41) is 4.07. The first-order valence-electron chi connectivity index (χ1n) is 9.27. The monoisotopic (exact) mass is 340 g/mol. The first kappa shape index (κ1) is 21.1. The molecule has 1 aromatic heterocycles. The van der Waals surface area contributed by atoms with Gasteiger partial charge in [-0.15, -0.1) is 0 Å². The van der Waals surface area contributed by atoms with E-state index in [9.17, 15) is 0 Å². The molecule has 0 atom stereocenters. The fraction of sp³-hybridized carbons (Fsp3) is 0.833. The Balaban J connectivity index is 2.60. The molecule has 1 heterocycles. The summed E-state index contributed by atoms with van der Waals surface area (Å²) >= 11 is 0. The van der Waals surface area contributed by atoms with Crippen LogP contribution in [0.3, 0.4) is 0 Å². The highest BCUT2D eigenvalue weighted by Gasteiger charge is 2.13. The molecule has 1 rings (SSSR count). The van der Waals surface area contributed by atoms with Gasteiger partial charge in [-0.05, 0) is 26.2 Å². The summed E-state index contributed by atoms with van der Waals surface area (Å²) in [7, 11) is 1.68. The molecule has 0 N–H and O–H groups in total. The predicted molar refractivity (Wildman–Crippen MR) is 98.1 cm³/mol. The standard InChI is InChI=1S/C18H36N4O2/c1-6-20(7-2)10-12-22(13-11-21(8-3)9-4)15-18-14-17(16-23-5)19-24-18/h14H,6-13,15-16H2,1-5H3. The van der Waals surface area contributed by atoms with E-state index in [0.29, 0.717) is 6.61 Å². The second-order valence-electron chi connectivity index (χ2n) is 6.05. The van der Waals surface area contributed by atoms with Gasteiger partial charge in [-0.1, -0.05) is 32.9 Å². The summed E-state index contributed by atoms with van der Waals surface area (Å²) < 4.78 is 10.6. The van der Waals surface area contributed by atoms with E-state index < -0.39 is 0 Å². The van der Waals surface area contributed by atoms with Crippen LogP contribution in [0.4, 0.5) is 0 Å². The van der Waals surface area contributed by atoms with E-state index in [-0.39, 0.29) is 0 Å². The molecule has 0 bridgehead atoms. The maximum absolute atomic E-state index is 5.47. The average molecular weight is 341 g/mol. The number of nitrogens with zero attached hydrogens (tertiary/aromatic N) is 4. The topological polar surface area (TPSA) is 45.0 Å². The highest BCUT2D eigenvalue weighted by atomic mass is 16.5. The number of ether oxygens (including phenoxy) is 1. The summed E-state index contributed by atoms with van der Waals surface area (Å²) in [5.74, 6) is 0.918. The van der Waals surface area contributed by atoms with Crippen LogP contribution in [0.5, 0.6) is 0 Å². The van der Waals surface area contributed by atoms with E-state index >= 15 is 0 Å². The van der Waals surface area contributed by atoms with Crippen molar-refractivity contribution in [3.8, 4) is 0 Å². The Kier molecular flexibility index (Phi) is 10.9. The van der Waals surface area contributed by atoms with E-state index in [4.69, 9.17) is 9.26 Å². The number of likely N-dealkylation sites (N-methyl/N-ethyl adjacent to an activating group) is 2. The smallest absolute Gasteiger partial charge is 0.151 e. The molecule has 140 valence electrons. The second-order valence-corrected chi connectivity index (χ2v) is 6.05. The van der Waals surface area contributed by atoms with E-state index in [1.54, 1.807) is 7.11 Å².